The molecule has 2 heterocycles. The van der Waals surface area contributed by atoms with E-state index in [1.54, 1.807) is 29.2 Å². The number of fused-ring (bicyclic) bond motifs is 2. The average molecular weight is 472 g/mol. The van der Waals surface area contributed by atoms with Crippen molar-refractivity contribution >= 4 is 34.2 Å². The van der Waals surface area contributed by atoms with Gasteiger partial charge in [0, 0.05) is 10.7 Å². The molecule has 1 aliphatic heterocycles. The van der Waals surface area contributed by atoms with E-state index in [9.17, 15) is 9.59 Å². The van der Waals surface area contributed by atoms with Crippen LogP contribution in [0, 0.1) is 13.8 Å². The van der Waals surface area contributed by atoms with Gasteiger partial charge in [-0.05, 0) is 73.0 Å². The van der Waals surface area contributed by atoms with Gasteiger partial charge in [0.05, 0.1) is 17.0 Å². The molecule has 1 unspecified atom stereocenters. The van der Waals surface area contributed by atoms with Crippen molar-refractivity contribution in [2.75, 3.05) is 11.5 Å². The molecule has 0 bridgehead atoms. The number of halogens is 1. The smallest absolute Gasteiger partial charge is 0.295 e. The van der Waals surface area contributed by atoms with E-state index in [1.807, 2.05) is 56.3 Å². The number of amides is 1. The Labute approximate surface area is 201 Å². The summed E-state index contributed by atoms with van der Waals surface area (Å²) < 4.78 is 11.7. The minimum absolute atomic E-state index is 0.0421. The number of carbonyl (C=O) groups excluding carboxylic acids is 1. The second-order valence-corrected chi connectivity index (χ2v) is 8.77. The van der Waals surface area contributed by atoms with Gasteiger partial charge in [0.2, 0.25) is 5.76 Å². The fraction of sp³-hybridized carbons (Fsp3) is 0.143. The lowest BCUT2D eigenvalue weighted by molar-refractivity contribution is 0.0971. The van der Waals surface area contributed by atoms with Crippen molar-refractivity contribution in [2.45, 2.75) is 19.9 Å². The molecular formula is C28H22ClNO4. The molecule has 170 valence electrons. The van der Waals surface area contributed by atoms with Crippen LogP contribution < -0.4 is 15.1 Å². The molecule has 34 heavy (non-hydrogen) atoms. The van der Waals surface area contributed by atoms with Gasteiger partial charge in [0.15, 0.2) is 5.43 Å². The summed E-state index contributed by atoms with van der Waals surface area (Å²) in [5.41, 5.74) is 3.91. The number of benzene rings is 3. The zero-order chi connectivity index (χ0) is 24.0. The predicted molar refractivity (Wildman–Crippen MR) is 134 cm³/mol. The lowest BCUT2D eigenvalue weighted by Crippen LogP contribution is -2.29. The molecule has 4 aromatic rings. The summed E-state index contributed by atoms with van der Waals surface area (Å²) in [6.07, 6.45) is 1.66. The van der Waals surface area contributed by atoms with Crippen molar-refractivity contribution in [1.29, 1.82) is 0 Å². The van der Waals surface area contributed by atoms with Crippen molar-refractivity contribution in [3.05, 3.63) is 117 Å². The van der Waals surface area contributed by atoms with E-state index < -0.39 is 6.04 Å². The summed E-state index contributed by atoms with van der Waals surface area (Å²) in [6.45, 7) is 8.03. The maximum atomic E-state index is 13.7. The first-order valence-electron chi connectivity index (χ1n) is 10.9. The van der Waals surface area contributed by atoms with Gasteiger partial charge in [-0.15, -0.1) is 0 Å². The summed E-state index contributed by atoms with van der Waals surface area (Å²) >= 11 is 6.17. The highest BCUT2D eigenvalue weighted by Crippen LogP contribution is 2.42. The number of carbonyl (C=O) groups is 1. The first kappa shape index (κ1) is 22.0. The molecule has 1 aliphatic rings. The van der Waals surface area contributed by atoms with Crippen LogP contribution in [0.5, 0.6) is 5.75 Å². The van der Waals surface area contributed by atoms with Crippen molar-refractivity contribution in [3.8, 4) is 5.75 Å². The van der Waals surface area contributed by atoms with Crippen molar-refractivity contribution in [3.63, 3.8) is 0 Å². The number of ether oxygens (including phenoxy) is 1. The Morgan fingerprint density at radius 2 is 1.88 bits per heavy atom. The van der Waals surface area contributed by atoms with Crippen LogP contribution in [0.4, 0.5) is 5.69 Å². The van der Waals surface area contributed by atoms with Crippen LogP contribution in [-0.4, -0.2) is 12.5 Å². The van der Waals surface area contributed by atoms with Gasteiger partial charge in [0.1, 0.15) is 17.9 Å². The molecule has 6 heteroatoms. The van der Waals surface area contributed by atoms with Crippen LogP contribution in [0.2, 0.25) is 5.02 Å². The highest BCUT2D eigenvalue weighted by atomic mass is 35.5. The number of anilines is 1. The van der Waals surface area contributed by atoms with E-state index in [4.69, 9.17) is 20.8 Å². The third-order valence-corrected chi connectivity index (χ3v) is 6.38. The van der Waals surface area contributed by atoms with Crippen molar-refractivity contribution < 1.29 is 13.9 Å². The number of nitrogens with zero attached hydrogens (tertiary/aromatic N) is 1. The number of aryl methyl sites for hydroxylation is 2. The second-order valence-electron chi connectivity index (χ2n) is 8.33. The maximum Gasteiger partial charge on any atom is 0.295 e. The van der Waals surface area contributed by atoms with Crippen molar-refractivity contribution in [2.24, 2.45) is 0 Å². The predicted octanol–water partition coefficient (Wildman–Crippen LogP) is 6.38. The lowest BCUT2D eigenvalue weighted by Gasteiger charge is -2.26. The fourth-order valence-corrected chi connectivity index (χ4v) is 4.50. The zero-order valence-corrected chi connectivity index (χ0v) is 19.6. The summed E-state index contributed by atoms with van der Waals surface area (Å²) in [5, 5.41) is 0.761. The van der Waals surface area contributed by atoms with Gasteiger partial charge in [-0.3, -0.25) is 14.5 Å². The minimum atomic E-state index is -0.684. The molecule has 0 fully saturated rings. The first-order valence-corrected chi connectivity index (χ1v) is 11.3. The van der Waals surface area contributed by atoms with Crippen molar-refractivity contribution in [1.82, 2.24) is 0 Å². The molecule has 0 spiro atoms. The Balaban J connectivity index is 1.77. The zero-order valence-electron chi connectivity index (χ0n) is 18.8. The SMILES string of the molecule is C=CCOc1cccc(C2c3c(oc4ccc(Cl)cc4c3=O)C(=O)N2c2ccc(C)c(C)c2)c1. The number of hydrogen-bond donors (Lipinski definition) is 0. The maximum absolute atomic E-state index is 13.7. The van der Waals surface area contributed by atoms with Gasteiger partial charge >= 0.3 is 0 Å². The quantitative estimate of drug-likeness (QED) is 0.317. The Bertz CT molecular complexity index is 1520. The Morgan fingerprint density at radius 3 is 2.65 bits per heavy atom. The molecule has 0 aliphatic carbocycles. The Hall–Kier alpha value is -3.83. The first-order chi connectivity index (χ1) is 16.4. The molecule has 0 radical (unpaired) electrons. The van der Waals surface area contributed by atoms with Crippen LogP contribution in [0.1, 0.15) is 38.9 Å². The highest BCUT2D eigenvalue weighted by Gasteiger charge is 2.43. The van der Waals surface area contributed by atoms with Gasteiger partial charge in [0.25, 0.3) is 5.91 Å². The third kappa shape index (κ3) is 3.58. The normalized spacial score (nSPS) is 15.0. The summed E-state index contributed by atoms with van der Waals surface area (Å²) in [4.78, 5) is 29.1. The molecule has 1 atom stereocenters. The van der Waals surface area contributed by atoms with Crippen LogP contribution in [0.15, 0.2) is 82.5 Å². The summed E-state index contributed by atoms with van der Waals surface area (Å²) in [7, 11) is 0. The molecule has 3 aromatic carbocycles. The molecule has 0 saturated heterocycles. The van der Waals surface area contributed by atoms with E-state index in [2.05, 4.69) is 6.58 Å². The molecule has 1 amide bonds. The van der Waals surface area contributed by atoms with Crippen LogP contribution in [-0.2, 0) is 0 Å². The largest absolute Gasteiger partial charge is 0.490 e. The average Bonchev–Trinajstić information content (AvgIpc) is 3.13. The van der Waals surface area contributed by atoms with E-state index in [-0.39, 0.29) is 17.1 Å². The fourth-order valence-electron chi connectivity index (χ4n) is 4.33. The van der Waals surface area contributed by atoms with E-state index in [0.29, 0.717) is 39.6 Å². The lowest BCUT2D eigenvalue weighted by atomic mass is 9.97. The van der Waals surface area contributed by atoms with E-state index in [1.165, 1.54) is 0 Å². The molecular weight excluding hydrogens is 450 g/mol. The topological polar surface area (TPSA) is 59.8 Å². The molecule has 0 N–H and O–H groups in total. The standard InChI is InChI=1S/C28H22ClNO4/c1-4-12-33-21-7-5-6-18(14-21)25-24-26(31)22-15-19(29)9-11-23(22)34-27(24)28(32)30(25)20-10-8-16(2)17(3)13-20/h4-11,13-15,25H,1,12H2,2-3H3. The van der Waals surface area contributed by atoms with Crippen LogP contribution >= 0.6 is 11.6 Å². The van der Waals surface area contributed by atoms with E-state index >= 15 is 0 Å². The molecule has 5 nitrogen and oxygen atoms in total. The number of rotatable bonds is 5. The second kappa shape index (κ2) is 8.50. The summed E-state index contributed by atoms with van der Waals surface area (Å²) in [5.74, 6) is 0.293. The highest BCUT2D eigenvalue weighted by molar-refractivity contribution is 6.31. The Kier molecular flexibility index (Phi) is 5.50. The summed E-state index contributed by atoms with van der Waals surface area (Å²) in [6, 6.07) is 17.3. The Morgan fingerprint density at radius 1 is 1.06 bits per heavy atom. The van der Waals surface area contributed by atoms with E-state index in [0.717, 1.165) is 16.7 Å². The molecule has 0 saturated carbocycles. The van der Waals surface area contributed by atoms with Crippen LogP contribution in [0.25, 0.3) is 11.0 Å². The van der Waals surface area contributed by atoms with Gasteiger partial charge in [-0.1, -0.05) is 42.5 Å². The third-order valence-electron chi connectivity index (χ3n) is 6.14. The van der Waals surface area contributed by atoms with Gasteiger partial charge in [-0.2, -0.15) is 0 Å². The molecule has 5 rings (SSSR count). The minimum Gasteiger partial charge on any atom is -0.490 e. The molecule has 1 aromatic heterocycles. The van der Waals surface area contributed by atoms with Gasteiger partial charge in [-0.25, -0.2) is 0 Å². The van der Waals surface area contributed by atoms with Gasteiger partial charge < -0.3 is 9.15 Å². The van der Waals surface area contributed by atoms with Crippen LogP contribution in [0.3, 0.4) is 0 Å². The monoisotopic (exact) mass is 471 g/mol. The number of hydrogen-bond acceptors (Lipinski definition) is 4.